The lowest BCUT2D eigenvalue weighted by Crippen LogP contribution is -2.29. The Kier molecular flexibility index (Phi) is 8.34. The van der Waals surface area contributed by atoms with E-state index in [2.05, 4.69) is 46.5 Å². The molecule has 1 aromatic rings. The van der Waals surface area contributed by atoms with Crippen LogP contribution in [0.4, 0.5) is 4.39 Å². The molecule has 0 unspecified atom stereocenters. The predicted octanol–water partition coefficient (Wildman–Crippen LogP) is 4.14. The molecule has 114 valence electrons. The highest BCUT2D eigenvalue weighted by molar-refractivity contribution is 9.10. The molecule has 0 spiro atoms. The molecule has 0 aromatic heterocycles. The molecule has 0 fully saturated rings. The molecule has 2 nitrogen and oxygen atoms in total. The molecule has 0 saturated heterocycles. The minimum atomic E-state index is -0.196. The molecule has 0 amide bonds. The second-order valence-electron chi connectivity index (χ2n) is 5.00. The lowest BCUT2D eigenvalue weighted by molar-refractivity contribution is 0.238. The highest BCUT2D eigenvalue weighted by Gasteiger charge is 2.07. The van der Waals surface area contributed by atoms with Gasteiger partial charge in [0.1, 0.15) is 5.82 Å². The summed E-state index contributed by atoms with van der Waals surface area (Å²) >= 11 is 3.25. The molecule has 0 heterocycles. The molecule has 0 aliphatic heterocycles. The van der Waals surface area contributed by atoms with E-state index in [1.54, 1.807) is 0 Å². The second-order valence-corrected chi connectivity index (χ2v) is 5.85. The number of halogens is 2. The van der Waals surface area contributed by atoms with Crippen molar-refractivity contribution in [2.45, 2.75) is 33.7 Å². The number of rotatable bonds is 9. The van der Waals surface area contributed by atoms with Gasteiger partial charge in [0.2, 0.25) is 0 Å². The van der Waals surface area contributed by atoms with Crippen molar-refractivity contribution in [1.82, 2.24) is 9.80 Å². The van der Waals surface area contributed by atoms with E-state index in [9.17, 15) is 4.39 Å². The molecule has 0 radical (unpaired) electrons. The molecule has 1 aromatic carbocycles. The fourth-order valence-electron chi connectivity index (χ4n) is 2.30. The third-order valence-electron chi connectivity index (χ3n) is 3.68. The average Bonchev–Trinajstić information content (AvgIpc) is 2.46. The number of benzene rings is 1. The van der Waals surface area contributed by atoms with Crippen LogP contribution in [0.5, 0.6) is 0 Å². The molecule has 0 N–H and O–H groups in total. The van der Waals surface area contributed by atoms with Crippen molar-refractivity contribution < 1.29 is 4.39 Å². The van der Waals surface area contributed by atoms with Gasteiger partial charge in [0, 0.05) is 6.54 Å². The second kappa shape index (κ2) is 9.48. The Morgan fingerprint density at radius 1 is 1.00 bits per heavy atom. The topological polar surface area (TPSA) is 6.48 Å². The van der Waals surface area contributed by atoms with Crippen LogP contribution in [0, 0.1) is 5.82 Å². The molecule has 0 aliphatic carbocycles. The Morgan fingerprint density at radius 2 is 1.60 bits per heavy atom. The molecule has 1 rings (SSSR count). The van der Waals surface area contributed by atoms with E-state index < -0.39 is 0 Å². The number of hydrogen-bond donors (Lipinski definition) is 0. The van der Waals surface area contributed by atoms with Crippen molar-refractivity contribution in [1.29, 1.82) is 0 Å². The van der Waals surface area contributed by atoms with E-state index in [0.29, 0.717) is 4.47 Å². The number of hydrogen-bond acceptors (Lipinski definition) is 2. The summed E-state index contributed by atoms with van der Waals surface area (Å²) in [6.07, 6.45) is 1.18. The van der Waals surface area contributed by atoms with E-state index in [4.69, 9.17) is 0 Å². The van der Waals surface area contributed by atoms with Gasteiger partial charge in [-0.05, 0) is 72.8 Å². The monoisotopic (exact) mass is 344 g/mol. The first-order valence-corrected chi connectivity index (χ1v) is 8.28. The highest BCUT2D eigenvalue weighted by Crippen LogP contribution is 2.18. The van der Waals surface area contributed by atoms with Crippen LogP contribution in [-0.2, 0) is 6.54 Å². The van der Waals surface area contributed by atoms with E-state index in [0.717, 1.165) is 44.8 Å². The SMILES string of the molecule is CCN(CC)CCCN(CC)Cc1ccc(F)c(Br)c1. The summed E-state index contributed by atoms with van der Waals surface area (Å²) in [7, 11) is 0. The van der Waals surface area contributed by atoms with E-state index in [1.807, 2.05) is 12.1 Å². The Bertz CT molecular complexity index is 394. The van der Waals surface area contributed by atoms with E-state index in [-0.39, 0.29) is 5.82 Å². The highest BCUT2D eigenvalue weighted by atomic mass is 79.9. The summed E-state index contributed by atoms with van der Waals surface area (Å²) in [6, 6.07) is 5.28. The normalized spacial score (nSPS) is 11.6. The summed E-state index contributed by atoms with van der Waals surface area (Å²) in [5.41, 5.74) is 1.16. The Hall–Kier alpha value is -0.450. The minimum Gasteiger partial charge on any atom is -0.304 e. The van der Waals surface area contributed by atoms with Crippen LogP contribution < -0.4 is 0 Å². The van der Waals surface area contributed by atoms with Crippen LogP contribution in [0.3, 0.4) is 0 Å². The van der Waals surface area contributed by atoms with Crippen molar-refractivity contribution in [2.24, 2.45) is 0 Å². The van der Waals surface area contributed by atoms with E-state index in [1.165, 1.54) is 12.5 Å². The maximum Gasteiger partial charge on any atom is 0.137 e. The fourth-order valence-corrected chi connectivity index (χ4v) is 2.73. The molecule has 0 aliphatic rings. The van der Waals surface area contributed by atoms with Crippen LogP contribution in [0.1, 0.15) is 32.8 Å². The maximum absolute atomic E-state index is 13.2. The standard InChI is InChI=1S/C16H26BrFN2/c1-4-19(5-2)10-7-11-20(6-3)13-14-8-9-16(18)15(17)12-14/h8-9,12H,4-7,10-11,13H2,1-3H3. The molecular formula is C16H26BrFN2. The van der Waals surface area contributed by atoms with Gasteiger partial charge in [-0.1, -0.05) is 26.8 Å². The zero-order valence-corrected chi connectivity index (χ0v) is 14.4. The zero-order chi connectivity index (χ0) is 15.0. The molecule has 0 atom stereocenters. The van der Waals surface area contributed by atoms with Crippen molar-refractivity contribution in [3.05, 3.63) is 34.1 Å². The summed E-state index contributed by atoms with van der Waals surface area (Å²) in [4.78, 5) is 4.85. The van der Waals surface area contributed by atoms with Crippen LogP contribution in [0.15, 0.2) is 22.7 Å². The van der Waals surface area contributed by atoms with Crippen LogP contribution in [0.25, 0.3) is 0 Å². The first kappa shape index (κ1) is 17.6. The molecule has 0 saturated carbocycles. The first-order chi connectivity index (χ1) is 9.60. The van der Waals surface area contributed by atoms with Crippen molar-refractivity contribution in [3.63, 3.8) is 0 Å². The summed E-state index contributed by atoms with van der Waals surface area (Å²) in [5, 5.41) is 0. The van der Waals surface area contributed by atoms with Gasteiger partial charge < -0.3 is 4.90 Å². The van der Waals surface area contributed by atoms with Gasteiger partial charge in [-0.25, -0.2) is 4.39 Å². The maximum atomic E-state index is 13.2. The van der Waals surface area contributed by atoms with Crippen LogP contribution in [-0.4, -0.2) is 42.5 Å². The smallest absolute Gasteiger partial charge is 0.137 e. The third-order valence-corrected chi connectivity index (χ3v) is 4.29. The summed E-state index contributed by atoms with van der Waals surface area (Å²) in [5.74, 6) is -0.196. The Labute approximate surface area is 131 Å². The quantitative estimate of drug-likeness (QED) is 0.664. The largest absolute Gasteiger partial charge is 0.304 e. The third kappa shape index (κ3) is 5.90. The number of nitrogens with zero attached hydrogens (tertiary/aromatic N) is 2. The lowest BCUT2D eigenvalue weighted by Gasteiger charge is -2.23. The fraction of sp³-hybridized carbons (Fsp3) is 0.625. The zero-order valence-electron chi connectivity index (χ0n) is 12.8. The van der Waals surface area contributed by atoms with Crippen LogP contribution in [0.2, 0.25) is 0 Å². The van der Waals surface area contributed by atoms with Gasteiger partial charge in [0.15, 0.2) is 0 Å². The Balaban J connectivity index is 2.44. The van der Waals surface area contributed by atoms with Gasteiger partial charge in [0.25, 0.3) is 0 Å². The van der Waals surface area contributed by atoms with Gasteiger partial charge in [-0.3, -0.25) is 4.90 Å². The summed E-state index contributed by atoms with van der Waals surface area (Å²) < 4.78 is 13.8. The van der Waals surface area contributed by atoms with Crippen molar-refractivity contribution >= 4 is 15.9 Å². The Morgan fingerprint density at radius 3 is 2.15 bits per heavy atom. The van der Waals surface area contributed by atoms with Gasteiger partial charge in [-0.15, -0.1) is 0 Å². The van der Waals surface area contributed by atoms with Crippen molar-refractivity contribution in [2.75, 3.05) is 32.7 Å². The minimum absolute atomic E-state index is 0.196. The van der Waals surface area contributed by atoms with E-state index >= 15 is 0 Å². The van der Waals surface area contributed by atoms with Gasteiger partial charge in [-0.2, -0.15) is 0 Å². The van der Waals surface area contributed by atoms with Crippen LogP contribution >= 0.6 is 15.9 Å². The summed E-state index contributed by atoms with van der Waals surface area (Å²) in [6.45, 7) is 13.0. The molecule has 0 bridgehead atoms. The van der Waals surface area contributed by atoms with Gasteiger partial charge in [0.05, 0.1) is 4.47 Å². The average molecular weight is 345 g/mol. The molecule has 20 heavy (non-hydrogen) atoms. The molecule has 4 heteroatoms. The van der Waals surface area contributed by atoms with Crippen molar-refractivity contribution in [3.8, 4) is 0 Å². The molecular weight excluding hydrogens is 319 g/mol. The van der Waals surface area contributed by atoms with Gasteiger partial charge >= 0.3 is 0 Å². The lowest BCUT2D eigenvalue weighted by atomic mass is 10.2. The first-order valence-electron chi connectivity index (χ1n) is 7.49. The predicted molar refractivity (Wildman–Crippen MR) is 87.5 cm³/mol.